The van der Waals surface area contributed by atoms with Gasteiger partial charge in [0.2, 0.25) is 0 Å². The molecule has 0 N–H and O–H groups in total. The number of hydrogen-bond donors (Lipinski definition) is 0. The van der Waals surface area contributed by atoms with Crippen LogP contribution < -0.4 is 4.74 Å². The van der Waals surface area contributed by atoms with Crippen molar-refractivity contribution in [3.8, 4) is 5.75 Å². The van der Waals surface area contributed by atoms with Gasteiger partial charge in [0.25, 0.3) is 0 Å². The summed E-state index contributed by atoms with van der Waals surface area (Å²) in [5.74, 6) is 0.725. The van der Waals surface area contributed by atoms with E-state index in [9.17, 15) is 4.79 Å². The molecule has 0 unspecified atom stereocenters. The first-order chi connectivity index (χ1) is 8.11. The highest BCUT2D eigenvalue weighted by Gasteiger charge is 2.12. The highest BCUT2D eigenvalue weighted by Crippen LogP contribution is 2.28. The number of hydrogen-bond acceptors (Lipinski definition) is 3. The highest BCUT2D eigenvalue weighted by molar-refractivity contribution is 9.11. The van der Waals surface area contributed by atoms with Gasteiger partial charge in [-0.05, 0) is 56.1 Å². The Balaban J connectivity index is 2.35. The molecule has 88 valence electrons. The van der Waals surface area contributed by atoms with Crippen molar-refractivity contribution in [1.29, 1.82) is 0 Å². The van der Waals surface area contributed by atoms with Crippen LogP contribution in [0.25, 0.3) is 0 Å². The smallest absolute Gasteiger partial charge is 0.193 e. The van der Waals surface area contributed by atoms with E-state index in [1.165, 1.54) is 11.3 Å². The molecule has 0 bridgehead atoms. The largest absolute Gasteiger partial charge is 0.496 e. The summed E-state index contributed by atoms with van der Waals surface area (Å²) in [5.41, 5.74) is 1.34. The summed E-state index contributed by atoms with van der Waals surface area (Å²) in [6, 6.07) is 7.13. The second-order valence-electron chi connectivity index (χ2n) is 3.32. The molecule has 0 amide bonds. The van der Waals surface area contributed by atoms with E-state index in [1.54, 1.807) is 25.3 Å². The number of ketones is 1. The predicted octanol–water partition coefficient (Wildman–Crippen LogP) is 4.51. The topological polar surface area (TPSA) is 26.3 Å². The van der Waals surface area contributed by atoms with Gasteiger partial charge in [-0.2, -0.15) is 0 Å². The predicted molar refractivity (Wildman–Crippen MR) is 76.1 cm³/mol. The van der Waals surface area contributed by atoms with Crippen molar-refractivity contribution in [3.63, 3.8) is 0 Å². The van der Waals surface area contributed by atoms with E-state index in [4.69, 9.17) is 4.74 Å². The zero-order valence-electron chi connectivity index (χ0n) is 8.87. The monoisotopic (exact) mass is 374 g/mol. The van der Waals surface area contributed by atoms with Crippen molar-refractivity contribution < 1.29 is 9.53 Å². The molecule has 0 aliphatic carbocycles. The Bertz CT molecular complexity index is 563. The van der Waals surface area contributed by atoms with Gasteiger partial charge < -0.3 is 4.74 Å². The van der Waals surface area contributed by atoms with Crippen LogP contribution in [0.4, 0.5) is 0 Å². The number of benzene rings is 1. The average Bonchev–Trinajstić information content (AvgIpc) is 2.75. The molecule has 0 spiro atoms. The normalized spacial score (nSPS) is 10.3. The van der Waals surface area contributed by atoms with Gasteiger partial charge in [-0.1, -0.05) is 0 Å². The van der Waals surface area contributed by atoms with Crippen LogP contribution in [0, 0.1) is 0 Å². The molecule has 0 aliphatic heterocycles. The first-order valence-electron chi connectivity index (χ1n) is 4.74. The average molecular weight is 376 g/mol. The quantitative estimate of drug-likeness (QED) is 0.737. The lowest BCUT2D eigenvalue weighted by Gasteiger charge is -2.04. The van der Waals surface area contributed by atoms with Gasteiger partial charge in [0.15, 0.2) is 5.78 Å². The van der Waals surface area contributed by atoms with Gasteiger partial charge in [-0.3, -0.25) is 4.79 Å². The van der Waals surface area contributed by atoms with E-state index < -0.39 is 0 Å². The van der Waals surface area contributed by atoms with Crippen LogP contribution in [-0.4, -0.2) is 12.9 Å². The lowest BCUT2D eigenvalue weighted by Crippen LogP contribution is -1.99. The van der Waals surface area contributed by atoms with Gasteiger partial charge in [0.05, 0.1) is 15.4 Å². The number of halogens is 2. The van der Waals surface area contributed by atoms with Crippen LogP contribution in [0.2, 0.25) is 0 Å². The summed E-state index contributed by atoms with van der Waals surface area (Å²) in [6.07, 6.45) is 0. The van der Waals surface area contributed by atoms with Crippen LogP contribution in [0.3, 0.4) is 0 Å². The highest BCUT2D eigenvalue weighted by atomic mass is 79.9. The van der Waals surface area contributed by atoms with E-state index >= 15 is 0 Å². The molecule has 2 aromatic rings. The first-order valence-corrected chi connectivity index (χ1v) is 7.20. The van der Waals surface area contributed by atoms with Crippen LogP contribution >= 0.6 is 43.2 Å². The zero-order valence-corrected chi connectivity index (χ0v) is 12.9. The van der Waals surface area contributed by atoms with E-state index in [0.717, 1.165) is 8.26 Å². The second kappa shape index (κ2) is 5.33. The molecule has 2 nitrogen and oxygen atoms in total. The van der Waals surface area contributed by atoms with Crippen molar-refractivity contribution in [2.24, 2.45) is 0 Å². The van der Waals surface area contributed by atoms with Gasteiger partial charge in [0, 0.05) is 16.5 Å². The van der Waals surface area contributed by atoms with Gasteiger partial charge in [-0.15, -0.1) is 11.3 Å². The Kier molecular flexibility index (Phi) is 4.01. The number of methoxy groups -OCH3 is 1. The Morgan fingerprint density at radius 2 is 2.00 bits per heavy atom. The van der Waals surface area contributed by atoms with Crippen molar-refractivity contribution >= 4 is 49.0 Å². The van der Waals surface area contributed by atoms with E-state index in [-0.39, 0.29) is 5.78 Å². The summed E-state index contributed by atoms with van der Waals surface area (Å²) in [5, 5.41) is 1.84. The van der Waals surface area contributed by atoms with Gasteiger partial charge in [0.1, 0.15) is 5.75 Å². The molecule has 1 aromatic carbocycles. The third-order valence-corrected chi connectivity index (χ3v) is 4.37. The molecular formula is C12H8Br2O2S. The number of thiophene rings is 1. The zero-order chi connectivity index (χ0) is 12.4. The number of ether oxygens (including phenoxy) is 1. The number of carbonyl (C=O) groups is 1. The molecule has 0 atom stereocenters. The minimum absolute atomic E-state index is 0.00954. The van der Waals surface area contributed by atoms with Crippen LogP contribution in [0.5, 0.6) is 5.75 Å². The third kappa shape index (κ3) is 2.78. The Morgan fingerprint density at radius 1 is 1.24 bits per heavy atom. The number of carbonyl (C=O) groups excluding carboxylic acids is 1. The maximum atomic E-state index is 12.1. The minimum atomic E-state index is 0.00954. The van der Waals surface area contributed by atoms with Crippen molar-refractivity contribution in [3.05, 3.63) is 49.0 Å². The standard InChI is InChI=1S/C12H8Br2O2S/c1-16-10-3-2-7(4-9(10)13)12(15)8-5-11(14)17-6-8/h2-6H,1H3. The molecule has 17 heavy (non-hydrogen) atoms. The molecule has 0 saturated heterocycles. The summed E-state index contributed by atoms with van der Waals surface area (Å²) in [6.45, 7) is 0. The lowest BCUT2D eigenvalue weighted by molar-refractivity contribution is 0.103. The van der Waals surface area contributed by atoms with Crippen LogP contribution in [0.1, 0.15) is 15.9 Å². The van der Waals surface area contributed by atoms with Crippen LogP contribution in [-0.2, 0) is 0 Å². The molecule has 2 rings (SSSR count). The van der Waals surface area contributed by atoms with E-state index in [2.05, 4.69) is 31.9 Å². The first kappa shape index (κ1) is 12.8. The Labute approximate surface area is 120 Å². The fraction of sp³-hybridized carbons (Fsp3) is 0.0833. The molecule has 0 saturated carbocycles. The second-order valence-corrected chi connectivity index (χ2v) is 6.46. The SMILES string of the molecule is COc1ccc(C(=O)c2csc(Br)c2)cc1Br. The van der Waals surface area contributed by atoms with Crippen LogP contribution in [0.15, 0.2) is 37.9 Å². The summed E-state index contributed by atoms with van der Waals surface area (Å²) in [7, 11) is 1.59. The minimum Gasteiger partial charge on any atom is -0.496 e. The summed E-state index contributed by atoms with van der Waals surface area (Å²) < 4.78 is 6.86. The maximum Gasteiger partial charge on any atom is 0.193 e. The molecule has 0 aliphatic rings. The van der Waals surface area contributed by atoms with E-state index in [1.807, 2.05) is 11.4 Å². The fourth-order valence-corrected chi connectivity index (χ4v) is 3.08. The maximum absolute atomic E-state index is 12.1. The Hall–Kier alpha value is -0.650. The lowest BCUT2D eigenvalue weighted by atomic mass is 10.1. The molecule has 0 radical (unpaired) electrons. The van der Waals surface area contributed by atoms with Gasteiger partial charge >= 0.3 is 0 Å². The van der Waals surface area contributed by atoms with Crippen molar-refractivity contribution in [2.45, 2.75) is 0 Å². The molecular weight excluding hydrogens is 368 g/mol. The third-order valence-electron chi connectivity index (χ3n) is 2.24. The summed E-state index contributed by atoms with van der Waals surface area (Å²) >= 11 is 8.22. The fourth-order valence-electron chi connectivity index (χ4n) is 1.40. The molecule has 1 aromatic heterocycles. The summed E-state index contributed by atoms with van der Waals surface area (Å²) in [4.78, 5) is 12.1. The molecule has 0 fully saturated rings. The van der Waals surface area contributed by atoms with Gasteiger partial charge in [-0.25, -0.2) is 0 Å². The van der Waals surface area contributed by atoms with E-state index in [0.29, 0.717) is 16.9 Å². The molecule has 5 heteroatoms. The Morgan fingerprint density at radius 3 is 2.53 bits per heavy atom. The van der Waals surface area contributed by atoms with Crippen molar-refractivity contribution in [2.75, 3.05) is 7.11 Å². The van der Waals surface area contributed by atoms with Crippen molar-refractivity contribution in [1.82, 2.24) is 0 Å². The molecule has 1 heterocycles. The number of rotatable bonds is 3.